The van der Waals surface area contributed by atoms with E-state index in [4.69, 9.17) is 4.74 Å². The lowest BCUT2D eigenvalue weighted by Crippen LogP contribution is -2.24. The fourth-order valence-electron chi connectivity index (χ4n) is 2.58. The summed E-state index contributed by atoms with van der Waals surface area (Å²) in [6, 6.07) is 9.73. The van der Waals surface area contributed by atoms with Crippen LogP contribution in [0.5, 0.6) is 5.75 Å². The molecule has 0 radical (unpaired) electrons. The van der Waals surface area contributed by atoms with Crippen LogP contribution < -0.4 is 9.80 Å². The first-order chi connectivity index (χ1) is 12.4. The second kappa shape index (κ2) is 9.00. The Morgan fingerprint density at radius 2 is 2.04 bits per heavy atom. The van der Waals surface area contributed by atoms with Crippen LogP contribution in [0.15, 0.2) is 36.4 Å². The van der Waals surface area contributed by atoms with E-state index in [1.54, 1.807) is 6.07 Å². The van der Waals surface area contributed by atoms with Gasteiger partial charge in [-0.15, -0.1) is 0 Å². The topological polar surface area (TPSA) is 49.8 Å². The Bertz CT molecular complexity index is 783. The van der Waals surface area contributed by atoms with E-state index in [0.29, 0.717) is 10.8 Å². The highest BCUT2D eigenvalue weighted by molar-refractivity contribution is 8.13. The van der Waals surface area contributed by atoms with Crippen molar-refractivity contribution in [1.29, 1.82) is 0 Å². The first-order valence-electron chi connectivity index (χ1n) is 8.08. The molecule has 0 aliphatic carbocycles. The molecule has 0 heterocycles. The van der Waals surface area contributed by atoms with E-state index < -0.39 is 11.7 Å². The number of hydrogen-bond acceptors (Lipinski definition) is 4. The summed E-state index contributed by atoms with van der Waals surface area (Å²) in [7, 11) is 0. The van der Waals surface area contributed by atoms with Gasteiger partial charge in [-0.2, -0.15) is 5.06 Å². The number of ether oxygens (including phenoxy) is 1. The maximum atomic E-state index is 13.4. The zero-order valence-corrected chi connectivity index (χ0v) is 15.6. The number of thioether (sulfide) groups is 1. The quantitative estimate of drug-likeness (QED) is 0.511. The normalized spacial score (nSPS) is 10.9. The van der Waals surface area contributed by atoms with E-state index in [2.05, 4.69) is 0 Å². The van der Waals surface area contributed by atoms with Crippen LogP contribution in [0.4, 0.5) is 19.3 Å². The fourth-order valence-corrected chi connectivity index (χ4v) is 2.85. The molecule has 0 aliphatic heterocycles. The smallest absolute Gasteiger partial charge is 0.309 e. The summed E-state index contributed by atoms with van der Waals surface area (Å²) in [5.74, 6) is 0.568. The minimum atomic E-state index is -2.75. The largest absolute Gasteiger partial charge is 0.489 e. The number of halogens is 2. The summed E-state index contributed by atoms with van der Waals surface area (Å²) < 4.78 is 32.6. The molecular formula is C19H21F2NO3S. The molecular weight excluding hydrogens is 360 g/mol. The molecule has 0 aromatic heterocycles. The summed E-state index contributed by atoms with van der Waals surface area (Å²) in [6.07, 6.45) is -0.373. The fraction of sp³-hybridized carbons (Fsp3) is 0.316. The van der Waals surface area contributed by atoms with Crippen LogP contribution in [0.2, 0.25) is 0 Å². The molecule has 0 aliphatic rings. The lowest BCUT2D eigenvalue weighted by Gasteiger charge is -2.21. The molecule has 7 heteroatoms. The van der Waals surface area contributed by atoms with Crippen molar-refractivity contribution >= 4 is 22.7 Å². The Morgan fingerprint density at radius 3 is 2.62 bits per heavy atom. The van der Waals surface area contributed by atoms with Gasteiger partial charge in [0.05, 0.1) is 5.69 Å². The molecule has 140 valence electrons. The van der Waals surface area contributed by atoms with Crippen LogP contribution in [-0.4, -0.2) is 16.7 Å². The molecule has 0 atom stereocenters. The first kappa shape index (κ1) is 20.2. The molecule has 1 N–H and O–H groups in total. The highest BCUT2D eigenvalue weighted by Crippen LogP contribution is 2.32. The third-order valence-corrected chi connectivity index (χ3v) is 4.54. The van der Waals surface area contributed by atoms with Gasteiger partial charge in [0.2, 0.25) is 0 Å². The van der Waals surface area contributed by atoms with Crippen LogP contribution >= 0.6 is 11.8 Å². The summed E-state index contributed by atoms with van der Waals surface area (Å²) in [4.78, 5) is 11.8. The minimum absolute atomic E-state index is 0.00928. The van der Waals surface area contributed by atoms with E-state index in [1.165, 1.54) is 24.5 Å². The third-order valence-electron chi connectivity index (χ3n) is 4.02. The number of hydrogen-bond donors (Lipinski definition) is 1. The number of rotatable bonds is 6. The summed E-state index contributed by atoms with van der Waals surface area (Å²) in [6.45, 7) is 3.73. The van der Waals surface area contributed by atoms with E-state index in [9.17, 15) is 18.8 Å². The Balaban J connectivity index is 2.36. The number of aryl methyl sites for hydroxylation is 2. The molecule has 2 aromatic rings. The third kappa shape index (κ3) is 4.53. The number of carbonyl (C=O) groups is 1. The monoisotopic (exact) mass is 381 g/mol. The van der Waals surface area contributed by atoms with Crippen LogP contribution in [0, 0.1) is 6.92 Å². The van der Waals surface area contributed by atoms with Crippen molar-refractivity contribution in [2.24, 2.45) is 0 Å². The van der Waals surface area contributed by atoms with Crippen molar-refractivity contribution in [2.45, 2.75) is 33.3 Å². The zero-order chi connectivity index (χ0) is 19.3. The summed E-state index contributed by atoms with van der Waals surface area (Å²) >= 11 is 0.780. The lowest BCUT2D eigenvalue weighted by atomic mass is 10.1. The Kier molecular flexibility index (Phi) is 6.99. The van der Waals surface area contributed by atoms with Crippen molar-refractivity contribution in [3.63, 3.8) is 0 Å². The van der Waals surface area contributed by atoms with Crippen molar-refractivity contribution < 1.29 is 23.5 Å². The van der Waals surface area contributed by atoms with Gasteiger partial charge in [0, 0.05) is 11.1 Å². The maximum absolute atomic E-state index is 13.4. The van der Waals surface area contributed by atoms with Crippen LogP contribution in [0.1, 0.15) is 35.6 Å². The Labute approximate surface area is 155 Å². The van der Waals surface area contributed by atoms with Gasteiger partial charge in [0.1, 0.15) is 12.4 Å². The van der Waals surface area contributed by atoms with E-state index in [1.807, 2.05) is 26.0 Å². The predicted molar refractivity (Wildman–Crippen MR) is 99.5 cm³/mol. The van der Waals surface area contributed by atoms with Gasteiger partial charge in [-0.25, -0.2) is 8.78 Å². The second-order valence-electron chi connectivity index (χ2n) is 5.67. The van der Waals surface area contributed by atoms with Crippen molar-refractivity contribution in [3.8, 4) is 5.75 Å². The van der Waals surface area contributed by atoms with E-state index in [0.717, 1.165) is 29.3 Å². The maximum Gasteiger partial charge on any atom is 0.309 e. The number of alkyl halides is 2. The summed E-state index contributed by atoms with van der Waals surface area (Å²) in [5.41, 5.74) is 1.83. The molecule has 0 spiro atoms. The van der Waals surface area contributed by atoms with Gasteiger partial charge in [-0.1, -0.05) is 43.0 Å². The minimum Gasteiger partial charge on any atom is -0.489 e. The van der Waals surface area contributed by atoms with Crippen molar-refractivity contribution in [2.75, 3.05) is 11.3 Å². The van der Waals surface area contributed by atoms with Gasteiger partial charge in [-0.05, 0) is 42.9 Å². The SMILES string of the molecule is CCc1ccc(OCc2c(C(F)F)cccc2N(O)C(=O)SC)c(C)c1. The highest BCUT2D eigenvalue weighted by atomic mass is 32.2. The highest BCUT2D eigenvalue weighted by Gasteiger charge is 2.22. The van der Waals surface area contributed by atoms with Gasteiger partial charge in [0.25, 0.3) is 6.43 Å². The number of carbonyl (C=O) groups excluding carboxylic acids is 1. The Morgan fingerprint density at radius 1 is 1.31 bits per heavy atom. The van der Waals surface area contributed by atoms with Crippen molar-refractivity contribution in [3.05, 3.63) is 58.7 Å². The van der Waals surface area contributed by atoms with Crippen molar-refractivity contribution in [1.82, 2.24) is 0 Å². The molecule has 0 unspecified atom stereocenters. The summed E-state index contributed by atoms with van der Waals surface area (Å²) in [5, 5.41) is 9.77. The van der Waals surface area contributed by atoms with E-state index >= 15 is 0 Å². The van der Waals surface area contributed by atoms with Crippen LogP contribution in [0.3, 0.4) is 0 Å². The standard InChI is InChI=1S/C19H21F2NO3S/c1-4-13-8-9-17(12(2)10-13)25-11-15-14(18(20)21)6-5-7-16(15)22(24)19(23)26-3/h5-10,18,24H,4,11H2,1-3H3. The number of amides is 1. The van der Waals surface area contributed by atoms with Gasteiger partial charge < -0.3 is 4.74 Å². The molecule has 4 nitrogen and oxygen atoms in total. The molecule has 0 bridgehead atoms. The molecule has 2 rings (SSSR count). The number of benzene rings is 2. The average molecular weight is 381 g/mol. The molecule has 0 saturated heterocycles. The molecule has 2 aromatic carbocycles. The van der Waals surface area contributed by atoms with E-state index in [-0.39, 0.29) is 23.4 Å². The van der Waals surface area contributed by atoms with Crippen LogP contribution in [0.25, 0.3) is 0 Å². The average Bonchev–Trinajstić information content (AvgIpc) is 2.65. The van der Waals surface area contributed by atoms with Crippen LogP contribution in [-0.2, 0) is 13.0 Å². The van der Waals surface area contributed by atoms with Gasteiger partial charge in [0.15, 0.2) is 0 Å². The lowest BCUT2D eigenvalue weighted by molar-refractivity contribution is 0.147. The molecule has 26 heavy (non-hydrogen) atoms. The van der Waals surface area contributed by atoms with Gasteiger partial charge >= 0.3 is 5.24 Å². The number of anilines is 1. The Hall–Kier alpha value is -2.12. The second-order valence-corrected chi connectivity index (χ2v) is 6.43. The predicted octanol–water partition coefficient (Wildman–Crippen LogP) is 5.75. The first-order valence-corrected chi connectivity index (χ1v) is 9.30. The number of nitrogens with zero attached hydrogens (tertiary/aromatic N) is 1. The number of hydroxylamine groups is 1. The van der Waals surface area contributed by atoms with Gasteiger partial charge in [-0.3, -0.25) is 10.0 Å². The molecule has 1 amide bonds. The zero-order valence-electron chi connectivity index (χ0n) is 14.8. The molecule has 0 fully saturated rings. The molecule has 0 saturated carbocycles.